The Hall–Kier alpha value is -3.15. The first-order valence-corrected chi connectivity index (χ1v) is 9.02. The standard InChI is InChI=1S/C23H21NO4/c1-15-17(12-13-28-15)10-8-16-9-11-20-19(14-16)23(26,18-6-4-3-5-7-18)21(27-2)22(25)24-20/h3-14,21,26H,1-2H3,(H,24,25). The molecule has 2 aromatic carbocycles. The number of ether oxygens (including phenoxy) is 1. The maximum absolute atomic E-state index is 12.6. The van der Waals surface area contributed by atoms with Gasteiger partial charge in [0.05, 0.1) is 6.26 Å². The van der Waals surface area contributed by atoms with Crippen LogP contribution in [0.5, 0.6) is 0 Å². The number of hydrogen-bond acceptors (Lipinski definition) is 4. The number of fused-ring (bicyclic) bond motifs is 1. The van der Waals surface area contributed by atoms with E-state index in [2.05, 4.69) is 5.32 Å². The average molecular weight is 375 g/mol. The van der Waals surface area contributed by atoms with Crippen molar-refractivity contribution in [2.24, 2.45) is 0 Å². The summed E-state index contributed by atoms with van der Waals surface area (Å²) in [6.45, 7) is 1.90. The Balaban J connectivity index is 1.83. The molecule has 142 valence electrons. The highest BCUT2D eigenvalue weighted by molar-refractivity contribution is 6.00. The molecule has 1 aliphatic heterocycles. The Morgan fingerprint density at radius 3 is 2.61 bits per heavy atom. The molecule has 0 saturated carbocycles. The largest absolute Gasteiger partial charge is 0.469 e. The van der Waals surface area contributed by atoms with Gasteiger partial charge in [-0.1, -0.05) is 48.6 Å². The van der Waals surface area contributed by atoms with Crippen LogP contribution in [0, 0.1) is 6.92 Å². The summed E-state index contributed by atoms with van der Waals surface area (Å²) >= 11 is 0. The fourth-order valence-corrected chi connectivity index (χ4v) is 3.65. The Bertz CT molecular complexity index is 1040. The minimum absolute atomic E-state index is 0.376. The van der Waals surface area contributed by atoms with Gasteiger partial charge in [-0.25, -0.2) is 0 Å². The molecule has 0 bridgehead atoms. The number of nitrogens with one attached hydrogen (secondary N) is 1. The van der Waals surface area contributed by atoms with Crippen molar-refractivity contribution in [3.8, 4) is 0 Å². The molecular formula is C23H21NO4. The van der Waals surface area contributed by atoms with Crippen molar-refractivity contribution in [2.45, 2.75) is 18.6 Å². The lowest BCUT2D eigenvalue weighted by Gasteiger charge is -2.40. The number of furan rings is 1. The van der Waals surface area contributed by atoms with E-state index < -0.39 is 11.7 Å². The maximum Gasteiger partial charge on any atom is 0.257 e. The summed E-state index contributed by atoms with van der Waals surface area (Å²) in [5.74, 6) is 0.459. The van der Waals surface area contributed by atoms with Gasteiger partial charge in [0.2, 0.25) is 0 Å². The monoisotopic (exact) mass is 375 g/mol. The normalized spacial score (nSPS) is 21.5. The number of rotatable bonds is 4. The SMILES string of the molecule is COC1C(=O)Nc2ccc(C=Cc3ccoc3C)cc2C1(O)c1ccccc1. The van der Waals surface area contributed by atoms with Crippen LogP contribution in [0.4, 0.5) is 5.69 Å². The van der Waals surface area contributed by atoms with Crippen molar-refractivity contribution < 1.29 is 19.1 Å². The van der Waals surface area contributed by atoms with E-state index >= 15 is 0 Å². The lowest BCUT2D eigenvalue weighted by molar-refractivity contribution is -0.142. The second-order valence-corrected chi connectivity index (χ2v) is 6.81. The molecule has 5 nitrogen and oxygen atoms in total. The van der Waals surface area contributed by atoms with Crippen LogP contribution in [0.3, 0.4) is 0 Å². The summed E-state index contributed by atoms with van der Waals surface area (Å²) in [7, 11) is 1.43. The highest BCUT2D eigenvalue weighted by Gasteiger charge is 2.49. The van der Waals surface area contributed by atoms with Crippen molar-refractivity contribution >= 4 is 23.7 Å². The van der Waals surface area contributed by atoms with Gasteiger partial charge >= 0.3 is 0 Å². The van der Waals surface area contributed by atoms with Crippen LogP contribution < -0.4 is 5.32 Å². The Kier molecular flexibility index (Phi) is 4.63. The third-order valence-corrected chi connectivity index (χ3v) is 5.13. The molecule has 2 atom stereocenters. The van der Waals surface area contributed by atoms with Gasteiger partial charge < -0.3 is 19.6 Å². The molecule has 2 unspecified atom stereocenters. The molecule has 0 saturated heterocycles. The highest BCUT2D eigenvalue weighted by Crippen LogP contribution is 2.42. The van der Waals surface area contributed by atoms with Crippen LogP contribution in [-0.2, 0) is 15.1 Å². The van der Waals surface area contributed by atoms with Crippen molar-refractivity contribution in [2.75, 3.05) is 12.4 Å². The molecule has 2 heterocycles. The zero-order chi connectivity index (χ0) is 19.7. The molecule has 0 aliphatic carbocycles. The van der Waals surface area contributed by atoms with Crippen LogP contribution in [0.25, 0.3) is 12.2 Å². The summed E-state index contributed by atoms with van der Waals surface area (Å²) in [5, 5.41) is 14.5. The van der Waals surface area contributed by atoms with Crippen LogP contribution >= 0.6 is 0 Å². The summed E-state index contributed by atoms with van der Waals surface area (Å²) in [5.41, 5.74) is 2.05. The van der Waals surface area contributed by atoms with Gasteiger partial charge in [-0.05, 0) is 36.2 Å². The summed E-state index contributed by atoms with van der Waals surface area (Å²) < 4.78 is 10.7. The molecule has 28 heavy (non-hydrogen) atoms. The average Bonchev–Trinajstić information content (AvgIpc) is 3.12. The van der Waals surface area contributed by atoms with Crippen LogP contribution in [0.15, 0.2) is 65.3 Å². The van der Waals surface area contributed by atoms with E-state index in [1.807, 2.05) is 55.5 Å². The molecule has 2 N–H and O–H groups in total. The van der Waals surface area contributed by atoms with E-state index in [0.717, 1.165) is 16.9 Å². The molecule has 0 spiro atoms. The molecule has 3 aromatic rings. The topological polar surface area (TPSA) is 71.7 Å². The predicted molar refractivity (Wildman–Crippen MR) is 108 cm³/mol. The molecule has 1 aromatic heterocycles. The van der Waals surface area contributed by atoms with Crippen LogP contribution in [0.2, 0.25) is 0 Å². The number of hydrogen-bond donors (Lipinski definition) is 2. The second-order valence-electron chi connectivity index (χ2n) is 6.81. The van der Waals surface area contributed by atoms with E-state index in [4.69, 9.17) is 9.15 Å². The smallest absolute Gasteiger partial charge is 0.257 e. The first-order valence-electron chi connectivity index (χ1n) is 9.02. The van der Waals surface area contributed by atoms with Crippen LogP contribution in [0.1, 0.15) is 28.0 Å². The Morgan fingerprint density at radius 2 is 1.93 bits per heavy atom. The van der Waals surface area contributed by atoms with E-state index in [1.54, 1.807) is 24.5 Å². The zero-order valence-electron chi connectivity index (χ0n) is 15.7. The van der Waals surface area contributed by atoms with Gasteiger partial charge in [0.15, 0.2) is 11.7 Å². The number of benzene rings is 2. The summed E-state index contributed by atoms with van der Waals surface area (Å²) in [6, 6.07) is 16.6. The number of aliphatic hydroxyl groups is 1. The van der Waals surface area contributed by atoms with Gasteiger partial charge in [0, 0.05) is 23.9 Å². The minimum atomic E-state index is -1.59. The quantitative estimate of drug-likeness (QED) is 0.724. The van der Waals surface area contributed by atoms with Gasteiger partial charge in [-0.15, -0.1) is 0 Å². The fraction of sp³-hybridized carbons (Fsp3) is 0.174. The second kappa shape index (κ2) is 7.11. The number of carbonyl (C=O) groups is 1. The van der Waals surface area contributed by atoms with Crippen molar-refractivity contribution in [1.29, 1.82) is 0 Å². The van der Waals surface area contributed by atoms with Crippen molar-refractivity contribution in [3.63, 3.8) is 0 Å². The highest BCUT2D eigenvalue weighted by atomic mass is 16.5. The molecule has 0 fully saturated rings. The zero-order valence-corrected chi connectivity index (χ0v) is 15.7. The summed E-state index contributed by atoms with van der Waals surface area (Å²) in [4.78, 5) is 12.6. The van der Waals surface area contributed by atoms with E-state index in [-0.39, 0.29) is 5.91 Å². The molecule has 4 rings (SSSR count). The van der Waals surface area contributed by atoms with Gasteiger partial charge in [0.1, 0.15) is 5.76 Å². The first kappa shape index (κ1) is 18.2. The van der Waals surface area contributed by atoms with Crippen LogP contribution in [-0.4, -0.2) is 24.2 Å². The number of amides is 1. The van der Waals surface area contributed by atoms with E-state index in [9.17, 15) is 9.90 Å². The number of carbonyl (C=O) groups excluding carboxylic acids is 1. The molecule has 1 amide bonds. The molecule has 0 radical (unpaired) electrons. The van der Waals surface area contributed by atoms with Gasteiger partial charge in [-0.3, -0.25) is 4.79 Å². The van der Waals surface area contributed by atoms with E-state index in [0.29, 0.717) is 16.8 Å². The molecule has 1 aliphatic rings. The van der Waals surface area contributed by atoms with Crippen molar-refractivity contribution in [1.82, 2.24) is 0 Å². The predicted octanol–water partition coefficient (Wildman–Crippen LogP) is 3.96. The lowest BCUT2D eigenvalue weighted by Crippen LogP contribution is -2.52. The van der Waals surface area contributed by atoms with Crippen molar-refractivity contribution in [3.05, 3.63) is 88.9 Å². The van der Waals surface area contributed by atoms with E-state index in [1.165, 1.54) is 7.11 Å². The fourth-order valence-electron chi connectivity index (χ4n) is 3.65. The lowest BCUT2D eigenvalue weighted by atomic mass is 9.77. The van der Waals surface area contributed by atoms with Gasteiger partial charge in [-0.2, -0.15) is 0 Å². The summed E-state index contributed by atoms with van der Waals surface area (Å²) in [6.07, 6.45) is 4.49. The molecular weight excluding hydrogens is 354 g/mol. The Labute approximate surface area is 163 Å². The maximum atomic E-state index is 12.6. The minimum Gasteiger partial charge on any atom is -0.469 e. The number of methoxy groups -OCH3 is 1. The number of anilines is 1. The number of aryl methyl sites for hydroxylation is 1. The van der Waals surface area contributed by atoms with Gasteiger partial charge in [0.25, 0.3) is 5.91 Å². The third-order valence-electron chi connectivity index (χ3n) is 5.13. The first-order chi connectivity index (χ1) is 13.5. The third kappa shape index (κ3) is 2.95. The Morgan fingerprint density at radius 1 is 1.14 bits per heavy atom. The molecule has 5 heteroatoms.